The number of carbonyl (C=O) groups is 1. The van der Waals surface area contributed by atoms with Crippen LogP contribution in [0.25, 0.3) is 11.0 Å². The lowest BCUT2D eigenvalue weighted by atomic mass is 10.0. The minimum Gasteiger partial charge on any atom is -0.395 e. The van der Waals surface area contributed by atoms with Crippen molar-refractivity contribution >= 4 is 22.8 Å². The first-order valence-electron chi connectivity index (χ1n) is 14.1. The Morgan fingerprint density at radius 1 is 0.972 bits per heavy atom. The van der Waals surface area contributed by atoms with Gasteiger partial charge in [0.1, 0.15) is 5.82 Å². The van der Waals surface area contributed by atoms with E-state index in [1.807, 2.05) is 19.2 Å². The van der Waals surface area contributed by atoms with Crippen molar-refractivity contribution in [1.82, 2.24) is 29.9 Å². The lowest BCUT2D eigenvalue weighted by molar-refractivity contribution is 0.0732. The number of anilines is 1. The van der Waals surface area contributed by atoms with E-state index in [1.165, 1.54) is 38.5 Å². The van der Waals surface area contributed by atoms with Crippen molar-refractivity contribution in [3.8, 4) is 0 Å². The molecule has 1 atom stereocenters. The number of aliphatic hydroxyl groups is 1. The van der Waals surface area contributed by atoms with Crippen LogP contribution in [0.1, 0.15) is 68.3 Å². The summed E-state index contributed by atoms with van der Waals surface area (Å²) in [4.78, 5) is 25.4. The molecule has 36 heavy (non-hydrogen) atoms. The molecule has 0 radical (unpaired) electrons. The van der Waals surface area contributed by atoms with Crippen LogP contribution in [0.4, 0.5) is 5.82 Å². The number of aromatic nitrogens is 3. The maximum atomic E-state index is 13.2. The van der Waals surface area contributed by atoms with Gasteiger partial charge in [-0.25, -0.2) is 9.67 Å². The molecule has 0 aromatic carbocycles. The van der Waals surface area contributed by atoms with Gasteiger partial charge in [-0.1, -0.05) is 19.3 Å². The van der Waals surface area contributed by atoms with Gasteiger partial charge in [0.05, 0.1) is 12.0 Å². The summed E-state index contributed by atoms with van der Waals surface area (Å²) in [6, 6.07) is 4.58. The van der Waals surface area contributed by atoms with Crippen LogP contribution in [-0.2, 0) is 7.05 Å². The monoisotopic (exact) mass is 497 g/mol. The number of pyridine rings is 1. The molecule has 1 unspecified atom stereocenters. The zero-order chi connectivity index (χ0) is 24.9. The summed E-state index contributed by atoms with van der Waals surface area (Å²) in [5.41, 5.74) is 1.25. The normalized spacial score (nSPS) is 23.2. The Labute approximate surface area is 214 Å². The fourth-order valence-electron chi connectivity index (χ4n) is 6.15. The van der Waals surface area contributed by atoms with Gasteiger partial charge in [0.25, 0.3) is 5.91 Å². The van der Waals surface area contributed by atoms with Crippen LogP contribution in [0.5, 0.6) is 0 Å². The zero-order valence-corrected chi connectivity index (χ0v) is 21.9. The molecule has 5 rings (SSSR count). The number of fused-ring (bicyclic) bond motifs is 1. The Bertz CT molecular complexity index is 1010. The topological polar surface area (TPSA) is 89.8 Å². The molecule has 2 aromatic rings. The number of amides is 1. The quantitative estimate of drug-likeness (QED) is 0.607. The number of nitrogens with one attached hydrogen (secondary N) is 1. The molecule has 3 aliphatic heterocycles. The van der Waals surface area contributed by atoms with Crippen molar-refractivity contribution in [2.75, 3.05) is 57.3 Å². The minimum absolute atomic E-state index is 0.0949. The van der Waals surface area contributed by atoms with Crippen LogP contribution < -0.4 is 10.2 Å². The van der Waals surface area contributed by atoms with Gasteiger partial charge in [-0.2, -0.15) is 5.10 Å². The van der Waals surface area contributed by atoms with E-state index < -0.39 is 0 Å². The second kappa shape index (κ2) is 11.9. The van der Waals surface area contributed by atoms with Crippen LogP contribution in [0.2, 0.25) is 0 Å². The molecule has 0 aliphatic carbocycles. The third-order valence-electron chi connectivity index (χ3n) is 8.40. The Kier molecular flexibility index (Phi) is 8.39. The number of aliphatic hydroxyl groups excluding tert-OH is 1. The number of hydrogen-bond acceptors (Lipinski definition) is 7. The highest BCUT2D eigenvalue weighted by Crippen LogP contribution is 2.24. The molecule has 2 N–H and O–H groups in total. The van der Waals surface area contributed by atoms with Crippen LogP contribution in [-0.4, -0.2) is 100 Å². The number of rotatable bonds is 7. The first-order valence-corrected chi connectivity index (χ1v) is 14.1. The molecule has 1 amide bonds. The summed E-state index contributed by atoms with van der Waals surface area (Å²) >= 11 is 0. The van der Waals surface area contributed by atoms with Crippen LogP contribution in [0, 0.1) is 0 Å². The molecular weight excluding hydrogens is 454 g/mol. The molecule has 5 heterocycles. The lowest BCUT2D eigenvalue weighted by Crippen LogP contribution is -2.49. The fourth-order valence-corrected chi connectivity index (χ4v) is 6.15. The number of aryl methyl sites for hydroxylation is 1. The lowest BCUT2D eigenvalue weighted by Gasteiger charge is -2.38. The van der Waals surface area contributed by atoms with Crippen LogP contribution in [0.3, 0.4) is 0 Å². The molecule has 0 saturated carbocycles. The minimum atomic E-state index is -0.0949. The number of nitrogens with zero attached hydrogens (tertiary/aromatic N) is 6. The van der Waals surface area contributed by atoms with Gasteiger partial charge in [0, 0.05) is 58.4 Å². The highest BCUT2D eigenvalue weighted by Gasteiger charge is 2.26. The first kappa shape index (κ1) is 25.4. The summed E-state index contributed by atoms with van der Waals surface area (Å²) < 4.78 is 1.74. The molecule has 3 fully saturated rings. The molecule has 3 aliphatic rings. The molecule has 0 bridgehead atoms. The number of likely N-dealkylation sites (tertiary alicyclic amines) is 2. The van der Waals surface area contributed by atoms with E-state index in [2.05, 4.69) is 25.1 Å². The van der Waals surface area contributed by atoms with Crippen LogP contribution in [0.15, 0.2) is 12.1 Å². The maximum Gasteiger partial charge on any atom is 0.272 e. The van der Waals surface area contributed by atoms with Crippen molar-refractivity contribution in [2.45, 2.75) is 69.9 Å². The third-order valence-corrected chi connectivity index (χ3v) is 8.40. The van der Waals surface area contributed by atoms with Gasteiger partial charge in [-0.15, -0.1) is 0 Å². The second-order valence-corrected chi connectivity index (χ2v) is 10.9. The predicted molar refractivity (Wildman–Crippen MR) is 142 cm³/mol. The van der Waals surface area contributed by atoms with Crippen molar-refractivity contribution in [3.05, 3.63) is 17.8 Å². The Morgan fingerprint density at radius 2 is 1.72 bits per heavy atom. The van der Waals surface area contributed by atoms with E-state index in [-0.39, 0.29) is 18.6 Å². The first-order chi connectivity index (χ1) is 17.6. The molecule has 9 nitrogen and oxygen atoms in total. The smallest absolute Gasteiger partial charge is 0.272 e. The molecule has 0 spiro atoms. The molecule has 2 aromatic heterocycles. The number of carbonyl (C=O) groups excluding carboxylic acids is 1. The van der Waals surface area contributed by atoms with E-state index in [0.29, 0.717) is 11.7 Å². The summed E-state index contributed by atoms with van der Waals surface area (Å²) in [5, 5.41) is 18.3. The van der Waals surface area contributed by atoms with Gasteiger partial charge in [-0.05, 0) is 57.2 Å². The largest absolute Gasteiger partial charge is 0.395 e. The standard InChI is InChI=1S/C27H43N7O2/c1-31-26-23(9-10-24(29-26)34-14-5-2-3-6-15-34)25(30-31)27(36)28-21-11-16-32(17-12-21)18-19-33-13-7-4-8-22(33)20-35/h9-10,21-22,35H,2-8,11-20H2,1H3,(H,28,36). The Morgan fingerprint density at radius 3 is 2.47 bits per heavy atom. The van der Waals surface area contributed by atoms with Crippen molar-refractivity contribution < 1.29 is 9.90 Å². The highest BCUT2D eigenvalue weighted by atomic mass is 16.3. The average molecular weight is 498 g/mol. The Balaban J connectivity index is 1.15. The van der Waals surface area contributed by atoms with E-state index in [4.69, 9.17) is 4.98 Å². The van der Waals surface area contributed by atoms with Crippen molar-refractivity contribution in [3.63, 3.8) is 0 Å². The van der Waals surface area contributed by atoms with Gasteiger partial charge in [0.15, 0.2) is 11.3 Å². The summed E-state index contributed by atoms with van der Waals surface area (Å²) in [6.45, 7) is 7.50. The SMILES string of the molecule is Cn1nc(C(=O)NC2CCN(CCN3CCCCC3CO)CC2)c2ccc(N3CCCCCC3)nc21. The van der Waals surface area contributed by atoms with E-state index >= 15 is 0 Å². The molecular formula is C27H43N7O2. The van der Waals surface area contributed by atoms with Crippen LogP contribution >= 0.6 is 0 Å². The Hall–Kier alpha value is -2.23. The number of piperidine rings is 2. The molecule has 9 heteroatoms. The van der Waals surface area contributed by atoms with Gasteiger partial charge < -0.3 is 20.2 Å². The predicted octanol–water partition coefficient (Wildman–Crippen LogP) is 2.39. The van der Waals surface area contributed by atoms with Crippen molar-refractivity contribution in [2.24, 2.45) is 7.05 Å². The van der Waals surface area contributed by atoms with Gasteiger partial charge >= 0.3 is 0 Å². The molecule has 3 saturated heterocycles. The fraction of sp³-hybridized carbons (Fsp3) is 0.741. The second-order valence-electron chi connectivity index (χ2n) is 10.9. The summed E-state index contributed by atoms with van der Waals surface area (Å²) in [5.74, 6) is 0.893. The van der Waals surface area contributed by atoms with E-state index in [1.54, 1.807) is 4.68 Å². The molecule has 198 valence electrons. The summed E-state index contributed by atoms with van der Waals surface area (Å²) in [6.07, 6.45) is 10.5. The zero-order valence-electron chi connectivity index (χ0n) is 21.9. The highest BCUT2D eigenvalue weighted by molar-refractivity contribution is 6.04. The maximum absolute atomic E-state index is 13.2. The number of hydrogen-bond donors (Lipinski definition) is 2. The third kappa shape index (κ3) is 5.84. The van der Waals surface area contributed by atoms with Gasteiger partial charge in [-0.3, -0.25) is 9.69 Å². The van der Waals surface area contributed by atoms with E-state index in [9.17, 15) is 9.90 Å². The van der Waals surface area contributed by atoms with Gasteiger partial charge in [0.2, 0.25) is 0 Å². The summed E-state index contributed by atoms with van der Waals surface area (Å²) in [7, 11) is 1.88. The average Bonchev–Trinajstić information content (AvgIpc) is 3.07. The van der Waals surface area contributed by atoms with Crippen molar-refractivity contribution in [1.29, 1.82) is 0 Å². The van der Waals surface area contributed by atoms with E-state index in [0.717, 1.165) is 81.9 Å².